The first-order valence-corrected chi connectivity index (χ1v) is 12.2. The van der Waals surface area contributed by atoms with Gasteiger partial charge in [0, 0.05) is 24.4 Å². The third-order valence-corrected chi connectivity index (χ3v) is 5.57. The van der Waals surface area contributed by atoms with E-state index in [2.05, 4.69) is 16.0 Å². The van der Waals surface area contributed by atoms with Crippen molar-refractivity contribution in [2.24, 2.45) is 5.92 Å². The Balaban J connectivity index is 1.96. The van der Waals surface area contributed by atoms with Crippen LogP contribution >= 0.6 is 0 Å². The van der Waals surface area contributed by atoms with Gasteiger partial charge in [0.15, 0.2) is 0 Å². The number of Topliss-reactive ketones (excluding diaryl/α,β-unsaturated/α-hetero) is 1. The molecule has 2 aromatic carbocycles. The minimum Gasteiger partial charge on any atom is -0.467 e. The fourth-order valence-electron chi connectivity index (χ4n) is 3.72. The molecule has 0 aliphatic heterocycles. The van der Waals surface area contributed by atoms with Crippen LogP contribution in [0.25, 0.3) is 0 Å². The lowest BCUT2D eigenvalue weighted by Gasteiger charge is -2.23. The first-order valence-electron chi connectivity index (χ1n) is 12.2. The largest absolute Gasteiger partial charge is 0.467 e. The first-order chi connectivity index (χ1) is 17.6. The molecule has 37 heavy (non-hydrogen) atoms. The second-order valence-corrected chi connectivity index (χ2v) is 9.30. The van der Waals surface area contributed by atoms with E-state index in [0.29, 0.717) is 12.0 Å². The molecule has 1 unspecified atom stereocenters. The smallest absolute Gasteiger partial charge is 0.328 e. The van der Waals surface area contributed by atoms with E-state index in [1.807, 2.05) is 19.9 Å². The van der Waals surface area contributed by atoms with Gasteiger partial charge < -0.3 is 20.7 Å². The summed E-state index contributed by atoms with van der Waals surface area (Å²) in [6.45, 7) is 5.45. The van der Waals surface area contributed by atoms with Gasteiger partial charge >= 0.3 is 5.97 Å². The van der Waals surface area contributed by atoms with Crippen LogP contribution in [0, 0.1) is 5.92 Å². The summed E-state index contributed by atoms with van der Waals surface area (Å²) in [7, 11) is 1.20. The zero-order chi connectivity index (χ0) is 27.4. The molecule has 0 heterocycles. The van der Waals surface area contributed by atoms with Gasteiger partial charge in [-0.1, -0.05) is 62.4 Å². The third-order valence-electron chi connectivity index (χ3n) is 5.57. The quantitative estimate of drug-likeness (QED) is 0.280. The fraction of sp³-hybridized carbons (Fsp3) is 0.393. The number of methoxy groups -OCH3 is 1. The number of rotatable bonds is 13. The molecule has 2 rings (SSSR count). The Hall–Kier alpha value is -4.01. The molecular weight excluding hydrogens is 474 g/mol. The van der Waals surface area contributed by atoms with Crippen LogP contribution in [-0.2, 0) is 30.3 Å². The topological polar surface area (TPSA) is 131 Å². The lowest BCUT2D eigenvalue weighted by molar-refractivity contribution is -0.146. The van der Waals surface area contributed by atoms with Crippen molar-refractivity contribution in [1.82, 2.24) is 16.0 Å². The number of hydrogen-bond acceptors (Lipinski definition) is 6. The van der Waals surface area contributed by atoms with Crippen molar-refractivity contribution in [3.63, 3.8) is 0 Å². The second-order valence-electron chi connectivity index (χ2n) is 9.30. The maximum absolute atomic E-state index is 12.9. The van der Waals surface area contributed by atoms with Gasteiger partial charge in [-0.2, -0.15) is 0 Å². The van der Waals surface area contributed by atoms with Crippen LogP contribution in [0.5, 0.6) is 0 Å². The molecule has 2 aromatic rings. The van der Waals surface area contributed by atoms with E-state index in [1.54, 1.807) is 61.5 Å². The average Bonchev–Trinajstić information content (AvgIpc) is 2.88. The summed E-state index contributed by atoms with van der Waals surface area (Å²) >= 11 is 0. The summed E-state index contributed by atoms with van der Waals surface area (Å²) in [5, 5.41) is 7.89. The van der Waals surface area contributed by atoms with Gasteiger partial charge in [-0.3, -0.25) is 19.2 Å². The lowest BCUT2D eigenvalue weighted by atomic mass is 10.0. The van der Waals surface area contributed by atoms with Gasteiger partial charge in [0.05, 0.1) is 7.11 Å². The van der Waals surface area contributed by atoms with Crippen molar-refractivity contribution in [1.29, 1.82) is 0 Å². The van der Waals surface area contributed by atoms with Gasteiger partial charge in [-0.05, 0) is 37.0 Å². The number of carbonyl (C=O) groups is 5. The van der Waals surface area contributed by atoms with Crippen LogP contribution in [0.15, 0.2) is 60.7 Å². The van der Waals surface area contributed by atoms with Crippen molar-refractivity contribution in [2.45, 2.75) is 58.2 Å². The summed E-state index contributed by atoms with van der Waals surface area (Å²) in [6.07, 6.45) is 0.278. The van der Waals surface area contributed by atoms with E-state index in [0.717, 1.165) is 5.56 Å². The molecule has 0 aliphatic rings. The fourth-order valence-corrected chi connectivity index (χ4v) is 3.72. The highest BCUT2D eigenvalue weighted by atomic mass is 16.5. The number of carbonyl (C=O) groups excluding carboxylic acids is 5. The molecule has 9 heteroatoms. The molecule has 0 saturated heterocycles. The summed E-state index contributed by atoms with van der Waals surface area (Å²) in [4.78, 5) is 62.7. The maximum atomic E-state index is 12.9. The van der Waals surface area contributed by atoms with Crippen LogP contribution in [0.2, 0.25) is 0 Å². The van der Waals surface area contributed by atoms with Crippen molar-refractivity contribution < 1.29 is 28.7 Å². The number of amides is 3. The van der Waals surface area contributed by atoms with Crippen LogP contribution in [0.1, 0.15) is 49.5 Å². The molecule has 3 N–H and O–H groups in total. The predicted molar refractivity (Wildman–Crippen MR) is 138 cm³/mol. The van der Waals surface area contributed by atoms with E-state index in [4.69, 9.17) is 4.74 Å². The highest BCUT2D eigenvalue weighted by molar-refractivity contribution is 6.36. The molecular formula is C28H35N3O6. The molecule has 9 nitrogen and oxygen atoms in total. The molecule has 0 bridgehead atoms. The number of benzene rings is 2. The zero-order valence-electron chi connectivity index (χ0n) is 21.7. The van der Waals surface area contributed by atoms with Crippen LogP contribution in [0.4, 0.5) is 0 Å². The Morgan fingerprint density at radius 3 is 1.95 bits per heavy atom. The summed E-state index contributed by atoms with van der Waals surface area (Å²) < 4.78 is 4.76. The first kappa shape index (κ1) is 29.2. The normalized spacial score (nSPS) is 13.1. The van der Waals surface area contributed by atoms with E-state index >= 15 is 0 Å². The molecule has 0 fully saturated rings. The number of nitrogens with one attached hydrogen (secondary N) is 3. The molecule has 198 valence electrons. The van der Waals surface area contributed by atoms with Crippen LogP contribution in [-0.4, -0.2) is 54.7 Å². The Kier molecular flexibility index (Phi) is 11.5. The molecule has 3 atom stereocenters. The SMILES string of the molecule is COC(=O)[C@H](Cc1ccccc1)NC(=O)C(=O)CC(C)NC(=O)[C@H](CC(C)C)NC(=O)c1ccccc1. The van der Waals surface area contributed by atoms with Crippen LogP contribution in [0.3, 0.4) is 0 Å². The van der Waals surface area contributed by atoms with Crippen LogP contribution < -0.4 is 16.0 Å². The summed E-state index contributed by atoms with van der Waals surface area (Å²) in [5.74, 6) is -3.11. The van der Waals surface area contributed by atoms with E-state index in [1.165, 1.54) is 7.11 Å². The lowest BCUT2D eigenvalue weighted by Crippen LogP contribution is -2.51. The summed E-state index contributed by atoms with van der Waals surface area (Å²) in [6, 6.07) is 15.1. The molecule has 0 aromatic heterocycles. The van der Waals surface area contributed by atoms with E-state index < -0.39 is 41.7 Å². The van der Waals surface area contributed by atoms with E-state index in [9.17, 15) is 24.0 Å². The van der Waals surface area contributed by atoms with Crippen molar-refractivity contribution in [2.75, 3.05) is 7.11 Å². The highest BCUT2D eigenvalue weighted by Crippen LogP contribution is 2.09. The standard InChI is InChI=1S/C28H35N3O6/c1-18(2)15-22(30-25(33)21-13-9-6-10-14-21)26(34)29-19(3)16-24(32)27(35)31-23(28(36)37-4)17-20-11-7-5-8-12-20/h5-14,18-19,22-23H,15-17H2,1-4H3,(H,29,34)(H,30,33)(H,31,35)/t19?,22-,23-/m0/s1. The van der Waals surface area contributed by atoms with Gasteiger partial charge in [0.1, 0.15) is 12.1 Å². The average molecular weight is 510 g/mol. The minimum atomic E-state index is -1.03. The second kappa shape index (κ2) is 14.5. The number of ether oxygens (including phenoxy) is 1. The van der Waals surface area contributed by atoms with Crippen molar-refractivity contribution >= 4 is 29.5 Å². The molecule has 0 radical (unpaired) electrons. The van der Waals surface area contributed by atoms with E-state index in [-0.39, 0.29) is 24.7 Å². The zero-order valence-corrected chi connectivity index (χ0v) is 21.7. The molecule has 0 spiro atoms. The summed E-state index contributed by atoms with van der Waals surface area (Å²) in [5.41, 5.74) is 1.22. The minimum absolute atomic E-state index is 0.120. The third kappa shape index (κ3) is 9.87. The Morgan fingerprint density at radius 1 is 0.784 bits per heavy atom. The van der Waals surface area contributed by atoms with Gasteiger partial charge in [-0.15, -0.1) is 0 Å². The Morgan fingerprint density at radius 2 is 1.38 bits per heavy atom. The van der Waals surface area contributed by atoms with Gasteiger partial charge in [0.25, 0.3) is 11.8 Å². The van der Waals surface area contributed by atoms with Gasteiger partial charge in [0.2, 0.25) is 11.7 Å². The Bertz CT molecular complexity index is 1070. The maximum Gasteiger partial charge on any atom is 0.328 e. The highest BCUT2D eigenvalue weighted by Gasteiger charge is 2.28. The van der Waals surface area contributed by atoms with Gasteiger partial charge in [-0.25, -0.2) is 4.79 Å². The number of hydrogen-bond donors (Lipinski definition) is 3. The van der Waals surface area contributed by atoms with Crippen molar-refractivity contribution in [3.8, 4) is 0 Å². The number of ketones is 1. The van der Waals surface area contributed by atoms with Crippen molar-refractivity contribution in [3.05, 3.63) is 71.8 Å². The molecule has 3 amide bonds. The predicted octanol–water partition coefficient (Wildman–Crippen LogP) is 2.20. The monoisotopic (exact) mass is 509 g/mol. The number of esters is 1. The molecule has 0 saturated carbocycles. The Labute approximate surface area is 217 Å². The molecule has 0 aliphatic carbocycles.